The fourth-order valence-corrected chi connectivity index (χ4v) is 4.00. The van der Waals surface area contributed by atoms with Crippen molar-refractivity contribution >= 4 is 43.7 Å². The predicted octanol–water partition coefficient (Wildman–Crippen LogP) is -0.326. The molecule has 0 spiro atoms. The third kappa shape index (κ3) is 5.09. The van der Waals surface area contributed by atoms with Crippen molar-refractivity contribution in [1.29, 1.82) is 0 Å². The van der Waals surface area contributed by atoms with Crippen molar-refractivity contribution in [2.45, 2.75) is 19.0 Å². The Bertz CT molecular complexity index is 891. The molecule has 1 heterocycles. The summed E-state index contributed by atoms with van der Waals surface area (Å²) in [5, 5.41) is 5.18. The average molecular weight is 475 g/mol. The van der Waals surface area contributed by atoms with Crippen LogP contribution in [0.2, 0.25) is 0 Å². The lowest BCUT2D eigenvalue weighted by Crippen LogP contribution is -2.68. The highest BCUT2D eigenvalue weighted by Crippen LogP contribution is 2.22. The summed E-state index contributed by atoms with van der Waals surface area (Å²) in [6, 6.07) is 7.41. The van der Waals surface area contributed by atoms with Gasteiger partial charge in [-0.15, -0.1) is 0 Å². The van der Waals surface area contributed by atoms with Crippen LogP contribution < -0.4 is 10.6 Å². The number of benzene rings is 1. The van der Waals surface area contributed by atoms with Gasteiger partial charge in [-0.05, 0) is 18.6 Å². The third-order valence-electron chi connectivity index (χ3n) is 4.71. The van der Waals surface area contributed by atoms with Crippen LogP contribution in [0.25, 0.3) is 0 Å². The monoisotopic (exact) mass is 474 g/mol. The maximum Gasteiger partial charge on any atom is 0.247 e. The highest BCUT2D eigenvalue weighted by Gasteiger charge is 2.47. The first kappa shape index (κ1) is 22.3. The molecule has 1 aliphatic heterocycles. The molecule has 2 N–H and O–H groups in total. The van der Waals surface area contributed by atoms with Crippen molar-refractivity contribution in [3.8, 4) is 0 Å². The number of likely N-dealkylation sites (N-methyl/N-ethyl adjacent to an activating group) is 1. The lowest BCUT2D eigenvalue weighted by molar-refractivity contribution is -0.150. The van der Waals surface area contributed by atoms with Crippen LogP contribution in [0.1, 0.15) is 12.5 Å². The van der Waals surface area contributed by atoms with E-state index in [1.807, 2.05) is 24.3 Å². The number of nitrogens with zero attached hydrogens (tertiary/aromatic N) is 2. The van der Waals surface area contributed by atoms with Crippen molar-refractivity contribution in [2.24, 2.45) is 0 Å². The van der Waals surface area contributed by atoms with Gasteiger partial charge in [0.1, 0.15) is 5.54 Å². The molecular weight excluding hydrogens is 452 g/mol. The van der Waals surface area contributed by atoms with E-state index in [4.69, 9.17) is 0 Å². The molecular formula is C17H23BrN4O5S. The van der Waals surface area contributed by atoms with E-state index in [-0.39, 0.29) is 26.2 Å². The van der Waals surface area contributed by atoms with Crippen molar-refractivity contribution in [1.82, 2.24) is 19.8 Å². The number of nitrogens with one attached hydrogen (secondary N) is 2. The number of carbonyl (C=O) groups is 3. The van der Waals surface area contributed by atoms with Crippen LogP contribution in [-0.2, 0) is 31.0 Å². The van der Waals surface area contributed by atoms with E-state index in [1.54, 1.807) is 0 Å². The highest BCUT2D eigenvalue weighted by atomic mass is 79.9. The molecule has 1 aromatic rings. The summed E-state index contributed by atoms with van der Waals surface area (Å²) in [5.74, 6) is -1.50. The molecule has 1 saturated heterocycles. The Morgan fingerprint density at radius 2 is 1.89 bits per heavy atom. The number of carbonyl (C=O) groups excluding carboxylic acids is 3. The molecule has 2 rings (SSSR count). The van der Waals surface area contributed by atoms with Gasteiger partial charge >= 0.3 is 0 Å². The Balaban J connectivity index is 1.97. The van der Waals surface area contributed by atoms with Gasteiger partial charge in [-0.1, -0.05) is 34.1 Å². The minimum Gasteiger partial charge on any atom is -0.350 e. The number of piperazine rings is 1. The molecule has 1 fully saturated rings. The van der Waals surface area contributed by atoms with Crippen LogP contribution >= 0.6 is 15.9 Å². The Labute approximate surface area is 172 Å². The summed E-state index contributed by atoms with van der Waals surface area (Å²) >= 11 is 3.39. The maximum atomic E-state index is 12.7. The van der Waals surface area contributed by atoms with Crippen molar-refractivity contribution in [3.05, 3.63) is 34.3 Å². The molecule has 0 aliphatic carbocycles. The first-order valence-electron chi connectivity index (χ1n) is 8.45. The average Bonchev–Trinajstić information content (AvgIpc) is 2.62. The number of amides is 3. The zero-order valence-electron chi connectivity index (χ0n) is 15.9. The van der Waals surface area contributed by atoms with Crippen LogP contribution in [0.15, 0.2) is 28.7 Å². The second-order valence-electron chi connectivity index (χ2n) is 6.81. The van der Waals surface area contributed by atoms with Gasteiger partial charge in [0.2, 0.25) is 27.7 Å². The predicted molar refractivity (Wildman–Crippen MR) is 107 cm³/mol. The summed E-state index contributed by atoms with van der Waals surface area (Å²) in [6.07, 6.45) is 0.985. The first-order chi connectivity index (χ1) is 12.9. The number of hydrogen-bond donors (Lipinski definition) is 2. The number of sulfonamides is 1. The lowest BCUT2D eigenvalue weighted by Gasteiger charge is -2.44. The molecule has 0 unspecified atom stereocenters. The van der Waals surface area contributed by atoms with E-state index in [0.29, 0.717) is 0 Å². The van der Waals surface area contributed by atoms with Crippen molar-refractivity contribution in [3.63, 3.8) is 0 Å². The van der Waals surface area contributed by atoms with Gasteiger partial charge in [0.25, 0.3) is 0 Å². The Hall–Kier alpha value is -1.98. The van der Waals surface area contributed by atoms with Gasteiger partial charge < -0.3 is 15.5 Å². The summed E-state index contributed by atoms with van der Waals surface area (Å²) < 4.78 is 25.5. The Kier molecular flexibility index (Phi) is 6.84. The quantitative estimate of drug-likeness (QED) is 0.585. The zero-order chi connectivity index (χ0) is 21.1. The molecule has 3 amide bonds. The van der Waals surface area contributed by atoms with Gasteiger partial charge in [-0.2, -0.15) is 4.31 Å². The lowest BCUT2D eigenvalue weighted by atomic mass is 9.96. The van der Waals surface area contributed by atoms with E-state index in [1.165, 1.54) is 18.9 Å². The zero-order valence-corrected chi connectivity index (χ0v) is 18.3. The Morgan fingerprint density at radius 1 is 1.25 bits per heavy atom. The minimum atomic E-state index is -3.64. The normalized spacial score (nSPS) is 20.7. The summed E-state index contributed by atoms with van der Waals surface area (Å²) in [7, 11) is -2.20. The topological polar surface area (TPSA) is 116 Å². The number of rotatable bonds is 6. The largest absolute Gasteiger partial charge is 0.350 e. The van der Waals surface area contributed by atoms with Crippen molar-refractivity contribution in [2.75, 3.05) is 32.9 Å². The number of halogens is 1. The molecule has 11 heteroatoms. The smallest absolute Gasteiger partial charge is 0.247 e. The Morgan fingerprint density at radius 3 is 2.50 bits per heavy atom. The second-order valence-corrected chi connectivity index (χ2v) is 9.65. The molecule has 9 nitrogen and oxygen atoms in total. The summed E-state index contributed by atoms with van der Waals surface area (Å²) in [4.78, 5) is 38.1. The fraction of sp³-hybridized carbons (Fsp3) is 0.471. The molecule has 1 aromatic carbocycles. The van der Waals surface area contributed by atoms with Crippen LogP contribution in [0.3, 0.4) is 0 Å². The molecule has 0 aromatic heterocycles. The molecule has 0 radical (unpaired) electrons. The fourth-order valence-electron chi connectivity index (χ4n) is 2.75. The first-order valence-corrected chi connectivity index (χ1v) is 11.1. The maximum absolute atomic E-state index is 12.7. The SMILES string of the molecule is CN1C(=O)CN(S(C)(=O)=O)C[C@]1(C)C(=O)NCC(=O)NCc1ccccc1Br. The van der Waals surface area contributed by atoms with Crippen LogP contribution in [0.4, 0.5) is 0 Å². The third-order valence-corrected chi connectivity index (χ3v) is 6.68. The molecule has 0 saturated carbocycles. The van der Waals surface area contributed by atoms with Crippen LogP contribution in [0.5, 0.6) is 0 Å². The molecule has 28 heavy (non-hydrogen) atoms. The summed E-state index contributed by atoms with van der Waals surface area (Å²) in [5.41, 5.74) is -0.531. The number of hydrogen-bond acceptors (Lipinski definition) is 5. The minimum absolute atomic E-state index is 0.182. The van der Waals surface area contributed by atoms with Gasteiger partial charge in [-0.25, -0.2) is 8.42 Å². The van der Waals surface area contributed by atoms with Gasteiger partial charge in [0.05, 0.1) is 19.3 Å². The van der Waals surface area contributed by atoms with E-state index in [2.05, 4.69) is 26.6 Å². The van der Waals surface area contributed by atoms with Crippen molar-refractivity contribution < 1.29 is 22.8 Å². The van der Waals surface area contributed by atoms with Gasteiger partial charge in [0.15, 0.2) is 0 Å². The van der Waals surface area contributed by atoms with Crippen LogP contribution in [-0.4, -0.2) is 73.8 Å². The molecule has 154 valence electrons. The van der Waals surface area contributed by atoms with Gasteiger partial charge in [-0.3, -0.25) is 14.4 Å². The van der Waals surface area contributed by atoms with E-state index < -0.39 is 33.3 Å². The molecule has 0 bridgehead atoms. The molecule has 1 aliphatic rings. The second kappa shape index (κ2) is 8.58. The van der Waals surface area contributed by atoms with E-state index >= 15 is 0 Å². The molecule has 1 atom stereocenters. The van der Waals surface area contributed by atoms with Crippen LogP contribution in [0, 0.1) is 0 Å². The van der Waals surface area contributed by atoms with E-state index in [0.717, 1.165) is 20.6 Å². The standard InChI is InChI=1S/C17H23BrN4O5S/c1-17(11-22(28(3,26)27)10-15(24)21(17)2)16(25)20-9-14(23)19-8-12-6-4-5-7-13(12)18/h4-7H,8-11H2,1-3H3,(H,19,23)(H,20,25)/t17-/m1/s1. The highest BCUT2D eigenvalue weighted by molar-refractivity contribution is 9.10. The summed E-state index contributed by atoms with van der Waals surface area (Å²) in [6.45, 7) is 0.965. The van der Waals surface area contributed by atoms with Gasteiger partial charge in [0, 0.05) is 24.6 Å². The van der Waals surface area contributed by atoms with E-state index in [9.17, 15) is 22.8 Å².